The van der Waals surface area contributed by atoms with Crippen LogP contribution in [0.2, 0.25) is 0 Å². The number of hydrogen-bond acceptors (Lipinski definition) is 5. The average Bonchev–Trinajstić information content (AvgIpc) is 3.03. The summed E-state index contributed by atoms with van der Waals surface area (Å²) in [6.07, 6.45) is -0.982. The highest BCUT2D eigenvalue weighted by molar-refractivity contribution is 5.33. The normalized spacial score (nSPS) is 22.1. The van der Waals surface area contributed by atoms with Crippen LogP contribution in [-0.4, -0.2) is 50.6 Å². The minimum Gasteiger partial charge on any atom is -0.349 e. The first-order valence-corrected chi connectivity index (χ1v) is 7.58. The van der Waals surface area contributed by atoms with Crippen molar-refractivity contribution in [3.63, 3.8) is 0 Å². The van der Waals surface area contributed by atoms with Crippen LogP contribution in [-0.2, 0) is 13.2 Å². The van der Waals surface area contributed by atoms with Crippen molar-refractivity contribution in [2.24, 2.45) is 7.05 Å². The summed E-state index contributed by atoms with van der Waals surface area (Å²) >= 11 is 0. The Morgan fingerprint density at radius 2 is 1.96 bits per heavy atom. The highest BCUT2D eigenvalue weighted by atomic mass is 19.4. The molecule has 0 unspecified atom stereocenters. The number of anilines is 1. The van der Waals surface area contributed by atoms with Gasteiger partial charge in [-0.2, -0.15) is 13.2 Å². The Labute approximate surface area is 137 Å². The molecule has 3 rings (SSSR count). The van der Waals surface area contributed by atoms with Crippen LogP contribution in [0.5, 0.6) is 0 Å². The summed E-state index contributed by atoms with van der Waals surface area (Å²) < 4.78 is 40.7. The molecule has 1 aliphatic heterocycles. The van der Waals surface area contributed by atoms with E-state index in [4.69, 9.17) is 0 Å². The molecular weight excluding hydrogens is 321 g/mol. The Balaban J connectivity index is 1.87. The summed E-state index contributed by atoms with van der Waals surface area (Å²) in [5.41, 5.74) is 0.379. The zero-order valence-electron chi connectivity index (χ0n) is 13.7. The quantitative estimate of drug-likeness (QED) is 0.927. The second-order valence-electron chi connectivity index (χ2n) is 6.22. The molecule has 1 fully saturated rings. The molecule has 1 saturated heterocycles. The van der Waals surface area contributed by atoms with Gasteiger partial charge in [-0.15, -0.1) is 0 Å². The minimum atomic E-state index is -4.49. The van der Waals surface area contributed by atoms with E-state index in [0.717, 1.165) is 18.3 Å². The van der Waals surface area contributed by atoms with Crippen molar-refractivity contribution < 1.29 is 13.2 Å². The van der Waals surface area contributed by atoms with E-state index in [1.54, 1.807) is 12.5 Å². The Hall–Kier alpha value is -2.16. The predicted octanol–water partition coefficient (Wildman–Crippen LogP) is 2.05. The molecule has 0 radical (unpaired) electrons. The summed E-state index contributed by atoms with van der Waals surface area (Å²) in [6, 6.07) is 0.859. The van der Waals surface area contributed by atoms with Crippen LogP contribution in [0.25, 0.3) is 0 Å². The first kappa shape index (κ1) is 16.7. The molecule has 1 N–H and O–H groups in total. The molecule has 0 aliphatic carbocycles. The first-order valence-electron chi connectivity index (χ1n) is 7.58. The maximum Gasteiger partial charge on any atom is 0.433 e. The van der Waals surface area contributed by atoms with Crippen molar-refractivity contribution >= 4 is 5.95 Å². The lowest BCUT2D eigenvalue weighted by molar-refractivity contribution is -0.141. The zero-order chi connectivity index (χ0) is 17.5. The highest BCUT2D eigenvalue weighted by Gasteiger charge is 2.36. The topological polar surface area (TPSA) is 58.9 Å². The van der Waals surface area contributed by atoms with Crippen molar-refractivity contribution in [1.82, 2.24) is 24.4 Å². The number of likely N-dealkylation sites (N-methyl/N-ethyl adjacent to an activating group) is 1. The summed E-state index contributed by atoms with van der Waals surface area (Å²) in [6.45, 7) is 3.01. The average molecular weight is 340 g/mol. The molecule has 3 heterocycles. The molecule has 0 saturated carbocycles. The van der Waals surface area contributed by atoms with Crippen LogP contribution in [0.4, 0.5) is 19.1 Å². The van der Waals surface area contributed by atoms with Crippen LogP contribution in [0, 0.1) is 6.92 Å². The smallest absolute Gasteiger partial charge is 0.349 e. The van der Waals surface area contributed by atoms with E-state index in [-0.39, 0.29) is 23.6 Å². The fourth-order valence-corrected chi connectivity index (χ4v) is 3.12. The summed E-state index contributed by atoms with van der Waals surface area (Å²) in [5.74, 6) is 0.107. The largest absolute Gasteiger partial charge is 0.433 e. The molecule has 1 aliphatic rings. The number of nitrogens with one attached hydrogen (secondary N) is 1. The van der Waals surface area contributed by atoms with E-state index in [0.29, 0.717) is 6.54 Å². The molecule has 0 bridgehead atoms. The number of hydrogen-bond donors (Lipinski definition) is 1. The van der Waals surface area contributed by atoms with Crippen molar-refractivity contribution in [3.8, 4) is 0 Å². The Kier molecular flexibility index (Phi) is 4.20. The zero-order valence-corrected chi connectivity index (χ0v) is 13.7. The monoisotopic (exact) mass is 340 g/mol. The van der Waals surface area contributed by atoms with E-state index in [2.05, 4.69) is 25.2 Å². The molecule has 0 amide bonds. The number of imidazole rings is 1. The van der Waals surface area contributed by atoms with Gasteiger partial charge < -0.3 is 14.8 Å². The molecule has 0 aromatic carbocycles. The molecule has 2 atom stereocenters. The molecule has 2 aromatic heterocycles. The molecule has 130 valence electrons. The molecular formula is C15H19F3N6. The number of alkyl halides is 3. The third-order valence-electron chi connectivity index (χ3n) is 4.20. The van der Waals surface area contributed by atoms with Crippen LogP contribution >= 0.6 is 0 Å². The van der Waals surface area contributed by atoms with Gasteiger partial charge in [0.15, 0.2) is 0 Å². The molecule has 6 nitrogen and oxygen atoms in total. The van der Waals surface area contributed by atoms with E-state index < -0.39 is 11.9 Å². The molecule has 24 heavy (non-hydrogen) atoms. The Morgan fingerprint density at radius 3 is 2.58 bits per heavy atom. The standard InChI is InChI=1S/C15H19F3N6/c1-9-4-13(15(16,17)18)22-14(20-9)21-11-7-23(2)6-10(11)12-5-19-8-24(12)3/h4-5,8,10-11H,6-7H2,1-3H3,(H,20,21,22)/t10-,11-/m1/s1. The van der Waals surface area contributed by atoms with Gasteiger partial charge in [0, 0.05) is 43.6 Å². The second-order valence-corrected chi connectivity index (χ2v) is 6.22. The summed E-state index contributed by atoms with van der Waals surface area (Å²) in [4.78, 5) is 14.0. The van der Waals surface area contributed by atoms with E-state index >= 15 is 0 Å². The van der Waals surface area contributed by atoms with Crippen molar-refractivity contribution in [3.05, 3.63) is 35.7 Å². The fraction of sp³-hybridized carbons (Fsp3) is 0.533. The SMILES string of the molecule is Cc1cc(C(F)(F)F)nc(N[C@@H]2CN(C)C[C@H]2c2cncn2C)n1. The number of halogens is 3. The van der Waals surface area contributed by atoms with Gasteiger partial charge in [0.05, 0.1) is 12.4 Å². The van der Waals surface area contributed by atoms with E-state index in [9.17, 15) is 13.2 Å². The highest BCUT2D eigenvalue weighted by Crippen LogP contribution is 2.31. The van der Waals surface area contributed by atoms with Crippen LogP contribution < -0.4 is 5.32 Å². The molecule has 2 aromatic rings. The Morgan fingerprint density at radius 1 is 1.21 bits per heavy atom. The maximum absolute atomic E-state index is 12.9. The van der Waals surface area contributed by atoms with Gasteiger partial charge in [0.2, 0.25) is 5.95 Å². The Bertz CT molecular complexity index is 726. The van der Waals surface area contributed by atoms with Gasteiger partial charge in [-0.05, 0) is 20.0 Å². The van der Waals surface area contributed by atoms with E-state index in [1.807, 2.05) is 18.7 Å². The number of nitrogens with zero attached hydrogens (tertiary/aromatic N) is 5. The second kappa shape index (κ2) is 6.04. The molecule has 9 heteroatoms. The van der Waals surface area contributed by atoms with Crippen LogP contribution in [0.15, 0.2) is 18.6 Å². The van der Waals surface area contributed by atoms with Gasteiger partial charge in [-0.1, -0.05) is 0 Å². The van der Waals surface area contributed by atoms with Crippen LogP contribution in [0.3, 0.4) is 0 Å². The number of aromatic nitrogens is 4. The van der Waals surface area contributed by atoms with Gasteiger partial charge in [-0.25, -0.2) is 15.0 Å². The summed E-state index contributed by atoms with van der Waals surface area (Å²) in [5, 5.41) is 3.09. The predicted molar refractivity (Wildman–Crippen MR) is 82.6 cm³/mol. The summed E-state index contributed by atoms with van der Waals surface area (Å²) in [7, 11) is 3.88. The fourth-order valence-electron chi connectivity index (χ4n) is 3.12. The van der Waals surface area contributed by atoms with Crippen molar-refractivity contribution in [1.29, 1.82) is 0 Å². The third-order valence-corrected chi connectivity index (χ3v) is 4.20. The number of aryl methyl sites for hydroxylation is 2. The van der Waals surface area contributed by atoms with Crippen LogP contribution in [0.1, 0.15) is 23.0 Å². The molecule has 0 spiro atoms. The van der Waals surface area contributed by atoms with E-state index in [1.165, 1.54) is 6.92 Å². The van der Waals surface area contributed by atoms with Gasteiger partial charge in [-0.3, -0.25) is 0 Å². The lowest BCUT2D eigenvalue weighted by Gasteiger charge is -2.21. The lowest BCUT2D eigenvalue weighted by Crippen LogP contribution is -2.29. The number of likely N-dealkylation sites (tertiary alicyclic amines) is 1. The number of rotatable bonds is 3. The van der Waals surface area contributed by atoms with Crippen molar-refractivity contribution in [2.75, 3.05) is 25.5 Å². The lowest BCUT2D eigenvalue weighted by atomic mass is 10.0. The minimum absolute atomic E-state index is 0.00907. The van der Waals surface area contributed by atoms with Gasteiger partial charge >= 0.3 is 6.18 Å². The van der Waals surface area contributed by atoms with Crippen molar-refractivity contribution in [2.45, 2.75) is 25.1 Å². The van der Waals surface area contributed by atoms with Gasteiger partial charge in [0.1, 0.15) is 5.69 Å². The maximum atomic E-state index is 12.9. The van der Waals surface area contributed by atoms with Gasteiger partial charge in [0.25, 0.3) is 0 Å². The third kappa shape index (κ3) is 3.35. The first-order chi connectivity index (χ1) is 11.2.